The van der Waals surface area contributed by atoms with E-state index in [1.165, 1.54) is 6.20 Å². The Bertz CT molecular complexity index is 2760. The molecule has 5 aliphatic heterocycles. The molecule has 7 heterocycles. The number of hydrogen-bond acceptors (Lipinski definition) is 38. The van der Waals surface area contributed by atoms with E-state index in [2.05, 4.69) is 37.2 Å². The van der Waals surface area contributed by atoms with Gasteiger partial charge in [0.2, 0.25) is 23.4 Å². The van der Waals surface area contributed by atoms with E-state index in [9.17, 15) is 121 Å². The molecule has 0 spiro atoms. The van der Waals surface area contributed by atoms with Gasteiger partial charge < -0.3 is 170 Å². The summed E-state index contributed by atoms with van der Waals surface area (Å²) in [6, 6.07) is -3.63. The Morgan fingerprint density at radius 2 is 0.935 bits per heavy atom. The number of carboxylic acids is 2. The van der Waals surface area contributed by atoms with Crippen molar-refractivity contribution in [1.82, 2.24) is 40.6 Å². The summed E-state index contributed by atoms with van der Waals surface area (Å²) in [6.45, 7) is -8.26. The van der Waals surface area contributed by atoms with Crippen molar-refractivity contribution in [2.45, 2.75) is 204 Å². The zero-order chi connectivity index (χ0) is 67.0. The molecule has 2 amide bonds. The molecule has 0 unspecified atom stereocenters. The van der Waals surface area contributed by atoms with Gasteiger partial charge in [-0.3, -0.25) is 9.59 Å². The molecule has 44 heteroatoms. The standard InChI is InChI=1S/C49H74N8O34.2Na/c1-2-3-82-43-38(75)36(73)33(70)24(88-43)15-85-48(46(78)79)4-19(61)28(41(90-48)30(67)21(63)10-58)51-27(66)9-57-7-18(53-55-57)14-84-45-40(77)37(74)34(71)25(89-45)16-86-49(47(80)81)5-20(62)29(42(91-49)31(68)22(64)11-59)50-26(65)8-56-6-17(52-54-56)13-83-44-39(76)35(72)32(69)23(12-60)87-44;;/h1,6-7,19-25,28-45,58-64,67-77H,3-5,8-16H2,(H,50,65)(H,51,66)(H,78,79)(H,80,81);;/q;2*+1/p-2/t19-,20-,21+,22+,23+,24+,25+,28+,29+,30+,31+,32-,33-,34-,35-,36-,37-,38+,39+,40+,41+,42+,43+,44+,45+,48+,49+;;/m0../s1. The number of carbonyl (C=O) groups is 4. The molecule has 0 aliphatic carbocycles. The van der Waals surface area contributed by atoms with E-state index < -0.39 is 267 Å². The van der Waals surface area contributed by atoms with Crippen LogP contribution in [0, 0.1) is 12.3 Å². The van der Waals surface area contributed by atoms with Crippen LogP contribution in [0.3, 0.4) is 0 Å². The second kappa shape index (κ2) is 35.4. The summed E-state index contributed by atoms with van der Waals surface area (Å²) in [5.74, 6) is -10.6. The quantitative estimate of drug-likeness (QED) is 0.0266. The predicted octanol–water partition coefficient (Wildman–Crippen LogP) is -23.7. The molecule has 0 radical (unpaired) electrons. The van der Waals surface area contributed by atoms with Gasteiger partial charge >= 0.3 is 59.1 Å². The molecule has 2 aromatic heterocycles. The van der Waals surface area contributed by atoms with Gasteiger partial charge in [-0.15, -0.1) is 16.6 Å². The number of aromatic nitrogens is 6. The van der Waals surface area contributed by atoms with Crippen LogP contribution in [0.1, 0.15) is 24.2 Å². The Labute approximate surface area is 568 Å². The van der Waals surface area contributed by atoms with Gasteiger partial charge in [-0.25, -0.2) is 9.36 Å². The minimum Gasteiger partial charge on any atom is -0.544 e. The van der Waals surface area contributed by atoms with Crippen LogP contribution in [0.4, 0.5) is 0 Å². The van der Waals surface area contributed by atoms with Gasteiger partial charge in [-0.2, -0.15) is 0 Å². The number of aliphatic hydroxyl groups excluding tert-OH is 18. The molecule has 0 aromatic carbocycles. The molecule has 20 N–H and O–H groups in total. The number of carboxylic acid groups (broad SMARTS) is 2. The van der Waals surface area contributed by atoms with Gasteiger partial charge in [-0.05, 0) is 0 Å². The molecule has 5 saturated heterocycles. The fourth-order valence-electron chi connectivity index (χ4n) is 10.3. The molecule has 514 valence electrons. The molecular weight excluding hydrogens is 1290 g/mol. The van der Waals surface area contributed by atoms with Crippen LogP contribution in [0.2, 0.25) is 0 Å². The third-order valence-corrected chi connectivity index (χ3v) is 15.3. The Hall–Kier alpha value is -3.40. The fourth-order valence-corrected chi connectivity index (χ4v) is 10.3. The van der Waals surface area contributed by atoms with Gasteiger partial charge in [-0.1, -0.05) is 16.3 Å². The largest absolute Gasteiger partial charge is 1.00 e. The first-order valence-corrected chi connectivity index (χ1v) is 27.7. The van der Waals surface area contributed by atoms with Crippen molar-refractivity contribution in [2.24, 2.45) is 0 Å². The summed E-state index contributed by atoms with van der Waals surface area (Å²) in [6.07, 6.45) is -39.2. The molecule has 7 rings (SSSR count). The van der Waals surface area contributed by atoms with Crippen molar-refractivity contribution in [3.05, 3.63) is 23.8 Å². The van der Waals surface area contributed by atoms with E-state index in [0.717, 1.165) is 15.6 Å². The van der Waals surface area contributed by atoms with Gasteiger partial charge in [0.15, 0.2) is 18.9 Å². The zero-order valence-electron chi connectivity index (χ0n) is 49.4. The summed E-state index contributed by atoms with van der Waals surface area (Å²) in [4.78, 5) is 52.3. The molecule has 27 atom stereocenters. The van der Waals surface area contributed by atoms with Crippen molar-refractivity contribution >= 4 is 23.8 Å². The zero-order valence-corrected chi connectivity index (χ0v) is 53.4. The number of hydrogen-bond donors (Lipinski definition) is 20. The first-order valence-electron chi connectivity index (χ1n) is 27.7. The number of nitrogens with zero attached hydrogens (tertiary/aromatic N) is 6. The molecule has 42 nitrogen and oxygen atoms in total. The summed E-state index contributed by atoms with van der Waals surface area (Å²) in [7, 11) is 0. The summed E-state index contributed by atoms with van der Waals surface area (Å²) < 4.78 is 56.3. The number of amides is 2. The fraction of sp³-hybridized carbons (Fsp3) is 0.796. The second-order valence-electron chi connectivity index (χ2n) is 21.8. The minimum absolute atomic E-state index is 0. The topological polar surface area (TPSA) is 656 Å². The van der Waals surface area contributed by atoms with Crippen molar-refractivity contribution in [1.29, 1.82) is 0 Å². The van der Waals surface area contributed by atoms with Crippen LogP contribution < -0.4 is 80.0 Å². The SMILES string of the molecule is C#CCO[C@@H]1O[C@H](CO[C@]2(C(=O)[O-])C[C@H](O)[C@@H](NC(=O)Cn3cc(CO[C@@H]4O[C@H](CO[C@]5(C(=O)[O-])C[C@H](O)[C@@H](NC(=O)Cn6cc(CO[C@@H]7O[C@H](CO)[C@H](O)[C@H](O)[C@H]7O)nn6)[C@H]([C@H](O)[C@H](O)CO)O5)[C@H](O)[C@H](O)[C@H]4O)nn3)[C@H]([C@H](O)[C@H](O)CO)O2)[C@H](O)[C@H](O)[C@H]1O.[Na+].[Na+]. The number of rotatable bonds is 29. The van der Waals surface area contributed by atoms with E-state index in [4.69, 9.17) is 53.8 Å². The number of aliphatic carboxylic acids is 2. The number of nitrogens with one attached hydrogen (secondary N) is 2. The third-order valence-electron chi connectivity index (χ3n) is 15.3. The van der Waals surface area contributed by atoms with Crippen molar-refractivity contribution in [3.63, 3.8) is 0 Å². The Morgan fingerprint density at radius 3 is 1.28 bits per heavy atom. The summed E-state index contributed by atoms with van der Waals surface area (Å²) in [5, 5.41) is 234. The van der Waals surface area contributed by atoms with Crippen LogP contribution in [0.25, 0.3) is 0 Å². The maximum Gasteiger partial charge on any atom is 1.00 e. The van der Waals surface area contributed by atoms with E-state index in [1.807, 2.05) is 0 Å². The van der Waals surface area contributed by atoms with Crippen LogP contribution in [-0.4, -0.2) is 350 Å². The van der Waals surface area contributed by atoms with E-state index in [1.54, 1.807) is 0 Å². The van der Waals surface area contributed by atoms with Crippen LogP contribution >= 0.6 is 0 Å². The third kappa shape index (κ3) is 19.1. The maximum absolute atomic E-state index is 13.5. The van der Waals surface area contributed by atoms with Gasteiger partial charge in [0.1, 0.15) is 153 Å². The van der Waals surface area contributed by atoms with Gasteiger partial charge in [0.05, 0.1) is 82.9 Å². The number of terminal acetylenes is 1. The normalized spacial score (nSPS) is 37.6. The molecule has 0 bridgehead atoms. The molecule has 0 saturated carbocycles. The maximum atomic E-state index is 13.5. The first kappa shape index (κ1) is 80.3. The molecule has 93 heavy (non-hydrogen) atoms. The Kier molecular flexibility index (Phi) is 30.6. The molecule has 2 aromatic rings. The number of carbonyl (C=O) groups excluding carboxylic acids is 4. The van der Waals surface area contributed by atoms with Crippen LogP contribution in [0.5, 0.6) is 0 Å². The predicted molar refractivity (Wildman–Crippen MR) is 272 cm³/mol. The molecular formula is C49H72N8Na2O34. The van der Waals surface area contributed by atoms with E-state index in [0.29, 0.717) is 0 Å². The van der Waals surface area contributed by atoms with E-state index >= 15 is 0 Å². The smallest absolute Gasteiger partial charge is 0.544 e. The van der Waals surface area contributed by atoms with Crippen molar-refractivity contribution in [2.75, 3.05) is 39.6 Å². The monoisotopic (exact) mass is 1360 g/mol. The van der Waals surface area contributed by atoms with Crippen LogP contribution in [-0.2, 0) is 92.9 Å². The minimum atomic E-state index is -3.15. The van der Waals surface area contributed by atoms with Crippen molar-refractivity contribution in [3.8, 4) is 12.3 Å². The van der Waals surface area contributed by atoms with Gasteiger partial charge in [0, 0.05) is 12.8 Å². The second-order valence-corrected chi connectivity index (χ2v) is 21.8. The average molecular weight is 1360 g/mol. The molecule has 5 aliphatic rings. The first-order chi connectivity index (χ1) is 43.0. The average Bonchev–Trinajstić information content (AvgIpc) is 1.12. The van der Waals surface area contributed by atoms with Gasteiger partial charge in [0.25, 0.3) is 0 Å². The number of aliphatic hydroxyl groups is 18. The van der Waals surface area contributed by atoms with Crippen LogP contribution in [0.15, 0.2) is 12.4 Å². The van der Waals surface area contributed by atoms with Crippen molar-refractivity contribution < 1.29 is 228 Å². The Balaban J connectivity index is 0.00000784. The summed E-state index contributed by atoms with van der Waals surface area (Å²) in [5.41, 5.74) is -0.126. The number of ether oxygens (including phenoxy) is 10. The summed E-state index contributed by atoms with van der Waals surface area (Å²) >= 11 is 0. The molecule has 5 fully saturated rings. The van der Waals surface area contributed by atoms with E-state index in [-0.39, 0.29) is 70.5 Å². The Morgan fingerprint density at radius 1 is 0.581 bits per heavy atom.